The molecule has 9 heteroatoms. The third-order valence-corrected chi connectivity index (χ3v) is 16.2. The number of nitrogens with zero attached hydrogens (tertiary/aromatic N) is 1. The van der Waals surface area contributed by atoms with Crippen molar-refractivity contribution >= 4 is 60.7 Å². The van der Waals surface area contributed by atoms with Crippen molar-refractivity contribution < 1.29 is 9.16 Å². The summed E-state index contributed by atoms with van der Waals surface area (Å²) >= 11 is 1.97. The van der Waals surface area contributed by atoms with Gasteiger partial charge in [0.2, 0.25) is 0 Å². The first kappa shape index (κ1) is 29.2. The molecule has 1 aliphatic rings. The summed E-state index contributed by atoms with van der Waals surface area (Å²) in [5, 5.41) is 2.34. The van der Waals surface area contributed by atoms with Crippen LogP contribution in [-0.4, -0.2) is 46.0 Å². The average Bonchev–Trinajstić information content (AvgIpc) is 3.34. The first-order valence-electron chi connectivity index (χ1n) is 13.3. The molecule has 0 spiro atoms. The van der Waals surface area contributed by atoms with Crippen molar-refractivity contribution in [3.8, 4) is 0 Å². The second-order valence-corrected chi connectivity index (χ2v) is 19.1. The number of aromatic amines is 1. The van der Waals surface area contributed by atoms with E-state index >= 15 is 0 Å². The van der Waals surface area contributed by atoms with Gasteiger partial charge in [-0.15, -0.1) is 0 Å². The van der Waals surface area contributed by atoms with Crippen LogP contribution in [-0.2, 0) is 9.16 Å². The van der Waals surface area contributed by atoms with E-state index in [9.17, 15) is 9.59 Å². The van der Waals surface area contributed by atoms with Crippen LogP contribution in [0.1, 0.15) is 27.0 Å². The Balaban J connectivity index is 1.54. The number of aromatic nitrogens is 2. The van der Waals surface area contributed by atoms with Gasteiger partial charge < -0.3 is 0 Å². The fourth-order valence-corrected chi connectivity index (χ4v) is 13.3. The van der Waals surface area contributed by atoms with Crippen LogP contribution in [0.4, 0.5) is 0 Å². The van der Waals surface area contributed by atoms with Gasteiger partial charge in [-0.1, -0.05) is 0 Å². The molecular formula is C31H33IN2O4SeSi. The third kappa shape index (κ3) is 5.86. The molecule has 1 N–H and O–H groups in total. The molecule has 0 saturated carbocycles. The van der Waals surface area contributed by atoms with Crippen molar-refractivity contribution in [3.05, 3.63) is 122 Å². The maximum absolute atomic E-state index is 12.9. The van der Waals surface area contributed by atoms with Crippen molar-refractivity contribution in [1.82, 2.24) is 9.55 Å². The second-order valence-electron chi connectivity index (χ2n) is 11.0. The molecule has 5 rings (SSSR count). The van der Waals surface area contributed by atoms with Gasteiger partial charge in [0.15, 0.2) is 0 Å². The summed E-state index contributed by atoms with van der Waals surface area (Å²) in [5.74, 6) is 0.0725. The van der Waals surface area contributed by atoms with Crippen LogP contribution in [0.5, 0.6) is 0 Å². The number of H-pyrrole nitrogens is 1. The monoisotopic (exact) mass is 732 g/mol. The van der Waals surface area contributed by atoms with E-state index in [2.05, 4.69) is 86.4 Å². The summed E-state index contributed by atoms with van der Waals surface area (Å²) in [6.45, 7) is 7.82. The van der Waals surface area contributed by atoms with Gasteiger partial charge >= 0.3 is 257 Å². The Morgan fingerprint density at radius 1 is 0.950 bits per heavy atom. The quantitative estimate of drug-likeness (QED) is 0.222. The van der Waals surface area contributed by atoms with Crippen LogP contribution >= 0.6 is 22.6 Å². The molecule has 0 aliphatic carbocycles. The summed E-state index contributed by atoms with van der Waals surface area (Å²) in [7, 11) is -2.73. The molecule has 0 amide bonds. The fraction of sp³-hybridized carbons (Fsp3) is 0.290. The van der Waals surface area contributed by atoms with Crippen molar-refractivity contribution in [2.45, 2.75) is 36.9 Å². The number of benzene rings is 3. The zero-order valence-corrected chi connectivity index (χ0v) is 27.6. The number of rotatable bonds is 8. The molecule has 3 aromatic carbocycles. The number of hydrogen-bond acceptors (Lipinski definition) is 4. The predicted octanol–water partition coefficient (Wildman–Crippen LogP) is 3.68. The SMILES string of the molecule is CC(C)(C)[Si](OC[C@@H]1COC(n2cc(I)c(=O)[nH]c2=O)[C@H]1[Se]c1ccccc1)(c1ccccc1)c1ccccc1. The minimum atomic E-state index is -2.73. The van der Waals surface area contributed by atoms with E-state index < -0.39 is 20.2 Å². The molecule has 1 saturated heterocycles. The molecule has 2 heterocycles. The van der Waals surface area contributed by atoms with Crippen LogP contribution in [0, 0.1) is 9.49 Å². The molecule has 40 heavy (non-hydrogen) atoms. The van der Waals surface area contributed by atoms with Crippen molar-refractivity contribution in [2.24, 2.45) is 5.92 Å². The summed E-state index contributed by atoms with van der Waals surface area (Å²) in [6.07, 6.45) is 1.14. The van der Waals surface area contributed by atoms with E-state index in [-0.39, 0.29) is 36.3 Å². The standard InChI is InChI=1S/C31H33IN2O4SeSi/c1-31(2,3)40(24-15-9-5-10-16-24,25-17-11-6-12-18-25)38-21-22-20-37-29(27(22)39-23-13-7-4-8-14-23)34-19-26(32)28(35)33-30(34)36/h4-19,22,27,29H,20-21H2,1-3H3,(H,33,35,36)/t22-,27-,29?/m0/s1. The van der Waals surface area contributed by atoms with Gasteiger partial charge in [-0.3, -0.25) is 0 Å². The molecule has 1 aliphatic heterocycles. The van der Waals surface area contributed by atoms with Crippen LogP contribution in [0.15, 0.2) is 107 Å². The molecule has 4 aromatic rings. The van der Waals surface area contributed by atoms with Crippen LogP contribution < -0.4 is 26.1 Å². The summed E-state index contributed by atoms with van der Waals surface area (Å²) in [4.78, 5) is 27.5. The Kier molecular flexibility index (Phi) is 8.99. The topological polar surface area (TPSA) is 73.3 Å². The number of ether oxygens (including phenoxy) is 1. The molecule has 3 atom stereocenters. The fourth-order valence-electron chi connectivity index (χ4n) is 5.48. The van der Waals surface area contributed by atoms with Crippen LogP contribution in [0.25, 0.3) is 0 Å². The Bertz CT molecular complexity index is 1500. The van der Waals surface area contributed by atoms with E-state index in [1.54, 1.807) is 10.8 Å². The van der Waals surface area contributed by atoms with Crippen molar-refractivity contribution in [2.75, 3.05) is 13.2 Å². The zero-order valence-electron chi connectivity index (χ0n) is 22.8. The molecule has 0 bridgehead atoms. The summed E-state index contributed by atoms with van der Waals surface area (Å²) < 4.78 is 16.9. The van der Waals surface area contributed by atoms with E-state index in [0.29, 0.717) is 16.8 Å². The van der Waals surface area contributed by atoms with Crippen LogP contribution in [0.2, 0.25) is 9.85 Å². The Hall–Kier alpha value is -2.27. The molecule has 1 unspecified atom stereocenters. The van der Waals surface area contributed by atoms with E-state index in [1.807, 2.05) is 52.9 Å². The van der Waals surface area contributed by atoms with Gasteiger partial charge in [0.05, 0.1) is 0 Å². The number of halogens is 1. The molecular weight excluding hydrogens is 698 g/mol. The number of hydrogen-bond donors (Lipinski definition) is 1. The second kappa shape index (κ2) is 12.3. The Morgan fingerprint density at radius 3 is 2.05 bits per heavy atom. The zero-order chi connectivity index (χ0) is 28.3. The Morgan fingerprint density at radius 2 is 1.50 bits per heavy atom. The molecule has 1 fully saturated rings. The minimum absolute atomic E-state index is 0.00288. The maximum atomic E-state index is 12.9. The summed E-state index contributed by atoms with van der Waals surface area (Å²) in [6, 6.07) is 31.6. The van der Waals surface area contributed by atoms with Crippen molar-refractivity contribution in [3.63, 3.8) is 0 Å². The van der Waals surface area contributed by atoms with Crippen molar-refractivity contribution in [1.29, 1.82) is 0 Å². The Labute approximate surface area is 255 Å². The first-order valence-corrected chi connectivity index (χ1v) is 18.1. The third-order valence-electron chi connectivity index (χ3n) is 7.37. The normalized spacial score (nSPS) is 19.6. The van der Waals surface area contributed by atoms with Gasteiger partial charge in [0.1, 0.15) is 0 Å². The van der Waals surface area contributed by atoms with Gasteiger partial charge in [-0.2, -0.15) is 0 Å². The van der Waals surface area contributed by atoms with E-state index in [4.69, 9.17) is 9.16 Å². The summed E-state index contributed by atoms with van der Waals surface area (Å²) in [5.41, 5.74) is -0.825. The predicted molar refractivity (Wildman–Crippen MR) is 172 cm³/mol. The van der Waals surface area contributed by atoms with Gasteiger partial charge in [0, 0.05) is 0 Å². The van der Waals surface area contributed by atoms with Crippen LogP contribution in [0.3, 0.4) is 0 Å². The molecule has 1 aromatic heterocycles. The van der Waals surface area contributed by atoms with Gasteiger partial charge in [-0.05, 0) is 0 Å². The molecule has 208 valence electrons. The first-order chi connectivity index (χ1) is 19.2. The van der Waals surface area contributed by atoms with E-state index in [0.717, 1.165) is 0 Å². The van der Waals surface area contributed by atoms with Gasteiger partial charge in [0.25, 0.3) is 0 Å². The number of nitrogens with one attached hydrogen (secondary N) is 1. The molecule has 0 radical (unpaired) electrons. The van der Waals surface area contributed by atoms with E-state index in [1.165, 1.54) is 14.8 Å². The molecule has 6 nitrogen and oxygen atoms in total. The average molecular weight is 732 g/mol. The van der Waals surface area contributed by atoms with Gasteiger partial charge in [-0.25, -0.2) is 0 Å².